The Morgan fingerprint density at radius 1 is 1.08 bits per heavy atom. The zero-order valence-corrected chi connectivity index (χ0v) is 14.5. The molecule has 6 heteroatoms. The van der Waals surface area contributed by atoms with Crippen LogP contribution < -0.4 is 5.32 Å². The Morgan fingerprint density at radius 2 is 1.75 bits per heavy atom. The van der Waals surface area contributed by atoms with Crippen LogP contribution in [0.15, 0.2) is 42.5 Å². The average Bonchev–Trinajstić information content (AvgIpc) is 2.49. The third kappa shape index (κ3) is 5.45. The molecule has 2 rings (SSSR count). The molecule has 0 saturated heterocycles. The number of amides is 1. The van der Waals surface area contributed by atoms with Crippen molar-refractivity contribution in [2.24, 2.45) is 0 Å². The number of rotatable bonds is 6. The van der Waals surface area contributed by atoms with Crippen molar-refractivity contribution < 1.29 is 17.6 Å². The molecule has 1 N–H and O–H groups in total. The highest BCUT2D eigenvalue weighted by Gasteiger charge is 2.18. The molecule has 0 heterocycles. The first kappa shape index (κ1) is 18.1. The SMILES string of the molecule is Cc1ccc(C)c(CS(=O)(=O)CC(=O)NCc2ccc(F)cc2)c1. The van der Waals surface area contributed by atoms with Crippen LogP contribution in [-0.4, -0.2) is 20.1 Å². The van der Waals surface area contributed by atoms with E-state index in [-0.39, 0.29) is 18.1 Å². The summed E-state index contributed by atoms with van der Waals surface area (Å²) in [6.07, 6.45) is 0. The van der Waals surface area contributed by atoms with E-state index in [0.717, 1.165) is 11.1 Å². The molecule has 0 fully saturated rings. The molecule has 0 aliphatic rings. The summed E-state index contributed by atoms with van der Waals surface area (Å²) in [7, 11) is -3.56. The van der Waals surface area contributed by atoms with E-state index in [1.54, 1.807) is 12.1 Å². The third-order valence-electron chi connectivity index (χ3n) is 3.63. The van der Waals surface area contributed by atoms with Gasteiger partial charge in [0.05, 0.1) is 5.75 Å². The predicted octanol–water partition coefficient (Wildman–Crippen LogP) is 2.67. The van der Waals surface area contributed by atoms with Crippen LogP contribution in [0, 0.1) is 19.7 Å². The Morgan fingerprint density at radius 3 is 2.42 bits per heavy atom. The van der Waals surface area contributed by atoms with Gasteiger partial charge in [-0.25, -0.2) is 12.8 Å². The fourth-order valence-electron chi connectivity index (χ4n) is 2.30. The van der Waals surface area contributed by atoms with E-state index in [1.807, 2.05) is 32.0 Å². The second kappa shape index (κ2) is 7.57. The third-order valence-corrected chi connectivity index (χ3v) is 5.09. The minimum atomic E-state index is -3.56. The molecule has 0 bridgehead atoms. The maximum Gasteiger partial charge on any atom is 0.235 e. The van der Waals surface area contributed by atoms with Crippen LogP contribution in [0.2, 0.25) is 0 Å². The van der Waals surface area contributed by atoms with Gasteiger partial charge in [-0.15, -0.1) is 0 Å². The summed E-state index contributed by atoms with van der Waals surface area (Å²) in [5.41, 5.74) is 3.28. The van der Waals surface area contributed by atoms with Gasteiger partial charge >= 0.3 is 0 Å². The molecule has 0 radical (unpaired) electrons. The second-order valence-electron chi connectivity index (χ2n) is 5.87. The van der Waals surface area contributed by atoms with E-state index in [0.29, 0.717) is 11.1 Å². The number of hydrogen-bond acceptors (Lipinski definition) is 3. The largest absolute Gasteiger partial charge is 0.351 e. The van der Waals surface area contributed by atoms with E-state index in [1.165, 1.54) is 12.1 Å². The normalized spacial score (nSPS) is 11.3. The summed E-state index contributed by atoms with van der Waals surface area (Å²) in [6.45, 7) is 3.90. The highest BCUT2D eigenvalue weighted by molar-refractivity contribution is 7.91. The Kier molecular flexibility index (Phi) is 5.72. The van der Waals surface area contributed by atoms with E-state index in [4.69, 9.17) is 0 Å². The Labute approximate surface area is 141 Å². The quantitative estimate of drug-likeness (QED) is 0.872. The Balaban J connectivity index is 1.94. The number of carbonyl (C=O) groups is 1. The highest BCUT2D eigenvalue weighted by atomic mass is 32.2. The number of hydrogen-bond donors (Lipinski definition) is 1. The van der Waals surface area contributed by atoms with E-state index in [2.05, 4.69) is 5.32 Å². The van der Waals surface area contributed by atoms with Crippen LogP contribution in [-0.2, 0) is 26.9 Å². The first-order valence-electron chi connectivity index (χ1n) is 7.53. The number of sulfone groups is 1. The van der Waals surface area contributed by atoms with Crippen LogP contribution in [0.5, 0.6) is 0 Å². The molecule has 1 amide bonds. The van der Waals surface area contributed by atoms with Gasteiger partial charge in [0.25, 0.3) is 0 Å². The Bertz CT molecular complexity index is 830. The molecule has 24 heavy (non-hydrogen) atoms. The van der Waals surface area contributed by atoms with Gasteiger partial charge in [0.15, 0.2) is 9.84 Å². The molecule has 4 nitrogen and oxygen atoms in total. The number of aryl methyl sites for hydroxylation is 2. The first-order valence-corrected chi connectivity index (χ1v) is 9.35. The monoisotopic (exact) mass is 349 g/mol. The minimum Gasteiger partial charge on any atom is -0.351 e. The summed E-state index contributed by atoms with van der Waals surface area (Å²) in [5.74, 6) is -1.66. The maximum absolute atomic E-state index is 12.8. The molecule has 2 aromatic carbocycles. The second-order valence-corrected chi connectivity index (χ2v) is 7.93. The number of nitrogens with one attached hydrogen (secondary N) is 1. The van der Waals surface area contributed by atoms with Gasteiger partial charge in [0.1, 0.15) is 11.6 Å². The van der Waals surface area contributed by atoms with Crippen molar-refractivity contribution in [2.45, 2.75) is 26.1 Å². The molecule has 0 aliphatic heterocycles. The van der Waals surface area contributed by atoms with Gasteiger partial charge in [-0.1, -0.05) is 35.9 Å². The van der Waals surface area contributed by atoms with E-state index in [9.17, 15) is 17.6 Å². The fraction of sp³-hybridized carbons (Fsp3) is 0.278. The van der Waals surface area contributed by atoms with Crippen molar-refractivity contribution in [2.75, 3.05) is 5.75 Å². The van der Waals surface area contributed by atoms with Gasteiger partial charge in [0.2, 0.25) is 5.91 Å². The van der Waals surface area contributed by atoms with Crippen molar-refractivity contribution >= 4 is 15.7 Å². The van der Waals surface area contributed by atoms with Crippen LogP contribution in [0.4, 0.5) is 4.39 Å². The lowest BCUT2D eigenvalue weighted by molar-refractivity contribution is -0.118. The summed E-state index contributed by atoms with van der Waals surface area (Å²) in [5, 5.41) is 2.55. The van der Waals surface area contributed by atoms with Gasteiger partial charge in [0, 0.05) is 6.54 Å². The van der Waals surface area contributed by atoms with Crippen molar-refractivity contribution in [1.29, 1.82) is 0 Å². The zero-order chi connectivity index (χ0) is 17.7. The number of carbonyl (C=O) groups excluding carboxylic acids is 1. The van der Waals surface area contributed by atoms with E-state index < -0.39 is 21.5 Å². The van der Waals surface area contributed by atoms with Gasteiger partial charge in [-0.05, 0) is 42.7 Å². The van der Waals surface area contributed by atoms with Crippen LogP contribution >= 0.6 is 0 Å². The predicted molar refractivity (Wildman–Crippen MR) is 91.7 cm³/mol. The molecule has 128 valence electrons. The van der Waals surface area contributed by atoms with Crippen molar-refractivity contribution in [3.05, 3.63) is 70.5 Å². The molecular weight excluding hydrogens is 329 g/mol. The summed E-state index contributed by atoms with van der Waals surface area (Å²) in [4.78, 5) is 11.9. The number of benzene rings is 2. The van der Waals surface area contributed by atoms with Crippen molar-refractivity contribution in [3.63, 3.8) is 0 Å². The van der Waals surface area contributed by atoms with Gasteiger partial charge in [-0.3, -0.25) is 4.79 Å². The molecule has 0 aliphatic carbocycles. The lowest BCUT2D eigenvalue weighted by Crippen LogP contribution is -2.30. The molecule has 0 atom stereocenters. The molecular formula is C18H20FNO3S. The lowest BCUT2D eigenvalue weighted by atomic mass is 10.1. The van der Waals surface area contributed by atoms with Gasteiger partial charge < -0.3 is 5.32 Å². The summed E-state index contributed by atoms with van der Waals surface area (Å²) >= 11 is 0. The van der Waals surface area contributed by atoms with Gasteiger partial charge in [-0.2, -0.15) is 0 Å². The maximum atomic E-state index is 12.8. The standard InChI is InChI=1S/C18H20FNO3S/c1-13-3-4-14(2)16(9-13)11-24(22,23)12-18(21)20-10-15-5-7-17(19)8-6-15/h3-9H,10-12H2,1-2H3,(H,20,21). The molecule has 0 unspecified atom stereocenters. The smallest absolute Gasteiger partial charge is 0.235 e. The fourth-order valence-corrected chi connectivity index (χ4v) is 3.69. The van der Waals surface area contributed by atoms with Crippen LogP contribution in [0.3, 0.4) is 0 Å². The van der Waals surface area contributed by atoms with E-state index >= 15 is 0 Å². The molecule has 0 spiro atoms. The van der Waals surface area contributed by atoms with Crippen molar-refractivity contribution in [1.82, 2.24) is 5.32 Å². The van der Waals surface area contributed by atoms with Crippen molar-refractivity contribution in [3.8, 4) is 0 Å². The molecule has 2 aromatic rings. The first-order chi connectivity index (χ1) is 11.2. The topological polar surface area (TPSA) is 63.2 Å². The minimum absolute atomic E-state index is 0.162. The zero-order valence-electron chi connectivity index (χ0n) is 13.7. The average molecular weight is 349 g/mol. The molecule has 0 aromatic heterocycles. The number of halogens is 1. The van der Waals surface area contributed by atoms with Crippen LogP contribution in [0.1, 0.15) is 22.3 Å². The summed E-state index contributed by atoms with van der Waals surface area (Å²) in [6, 6.07) is 11.3. The highest BCUT2D eigenvalue weighted by Crippen LogP contribution is 2.14. The summed E-state index contributed by atoms with van der Waals surface area (Å²) < 4.78 is 37.2. The Hall–Kier alpha value is -2.21. The van der Waals surface area contributed by atoms with Crippen LogP contribution in [0.25, 0.3) is 0 Å². The molecule has 0 saturated carbocycles. The lowest BCUT2D eigenvalue weighted by Gasteiger charge is -2.09.